The molecule has 1 aromatic carbocycles. The van der Waals surface area contributed by atoms with Gasteiger partial charge in [-0.15, -0.1) is 0 Å². The lowest BCUT2D eigenvalue weighted by Crippen LogP contribution is -2.65. The Kier molecular flexibility index (Phi) is 5.70. The van der Waals surface area contributed by atoms with Gasteiger partial charge in [0, 0.05) is 11.6 Å². The van der Waals surface area contributed by atoms with Gasteiger partial charge in [0.15, 0.2) is 6.10 Å². The van der Waals surface area contributed by atoms with E-state index in [9.17, 15) is 14.4 Å². The van der Waals surface area contributed by atoms with E-state index in [-0.39, 0.29) is 36.9 Å². The van der Waals surface area contributed by atoms with Crippen molar-refractivity contribution in [3.05, 3.63) is 53.5 Å². The van der Waals surface area contributed by atoms with Crippen LogP contribution in [0, 0.1) is 19.8 Å². The first kappa shape index (κ1) is 21.7. The molecule has 1 saturated carbocycles. The number of furan rings is 1. The topological polar surface area (TPSA) is 92.1 Å². The smallest absolute Gasteiger partial charge is 0.328 e. The predicted molar refractivity (Wildman–Crippen MR) is 120 cm³/mol. The Morgan fingerprint density at radius 3 is 2.70 bits per heavy atom. The summed E-state index contributed by atoms with van der Waals surface area (Å²) in [5.41, 5.74) is 2.90. The van der Waals surface area contributed by atoms with Crippen LogP contribution in [0.3, 0.4) is 0 Å². The second-order valence-electron chi connectivity index (χ2n) is 9.30. The third-order valence-corrected chi connectivity index (χ3v) is 7.17. The Balaban J connectivity index is 1.40. The molecule has 8 heteroatoms. The first-order chi connectivity index (χ1) is 15.9. The highest BCUT2D eigenvalue weighted by molar-refractivity contribution is 6.02. The molecule has 1 N–H and O–H groups in total. The zero-order chi connectivity index (χ0) is 23.1. The maximum absolute atomic E-state index is 13.5. The highest BCUT2D eigenvalue weighted by Crippen LogP contribution is 2.43. The summed E-state index contributed by atoms with van der Waals surface area (Å²) in [4.78, 5) is 42.5. The van der Waals surface area contributed by atoms with Crippen molar-refractivity contribution in [3.8, 4) is 0 Å². The number of carbonyl (C=O) groups is 3. The molecule has 2 aromatic rings. The fourth-order valence-electron chi connectivity index (χ4n) is 5.36. The van der Waals surface area contributed by atoms with Crippen LogP contribution in [0.25, 0.3) is 0 Å². The van der Waals surface area contributed by atoms with Gasteiger partial charge in [-0.25, -0.2) is 4.79 Å². The van der Waals surface area contributed by atoms with Crippen molar-refractivity contribution in [2.24, 2.45) is 5.92 Å². The number of hydrogen-bond donors (Lipinski definition) is 1. The molecule has 2 aliphatic heterocycles. The third-order valence-electron chi connectivity index (χ3n) is 7.17. The van der Waals surface area contributed by atoms with Gasteiger partial charge >= 0.3 is 6.03 Å². The molecule has 174 valence electrons. The summed E-state index contributed by atoms with van der Waals surface area (Å²) >= 11 is 0. The number of carbonyl (C=O) groups excluding carboxylic acids is 3. The van der Waals surface area contributed by atoms with Crippen molar-refractivity contribution >= 4 is 23.5 Å². The number of rotatable bonds is 5. The molecule has 0 bridgehead atoms. The summed E-state index contributed by atoms with van der Waals surface area (Å²) in [6.07, 6.45) is 4.55. The molecule has 4 amide bonds. The molecule has 1 aliphatic carbocycles. The number of imide groups is 1. The van der Waals surface area contributed by atoms with Crippen LogP contribution in [-0.4, -0.2) is 52.4 Å². The first-order valence-electron chi connectivity index (χ1n) is 11.6. The van der Waals surface area contributed by atoms with Crippen LogP contribution in [0.5, 0.6) is 0 Å². The van der Waals surface area contributed by atoms with Crippen LogP contribution in [-0.2, 0) is 20.9 Å². The minimum absolute atomic E-state index is 0.0157. The largest absolute Gasteiger partial charge is 0.467 e. The number of nitrogens with one attached hydrogen (secondary N) is 1. The van der Waals surface area contributed by atoms with Gasteiger partial charge in [-0.05, 0) is 62.1 Å². The fraction of sp³-hybridized carbons (Fsp3) is 0.480. The monoisotopic (exact) mass is 451 g/mol. The van der Waals surface area contributed by atoms with E-state index >= 15 is 0 Å². The van der Waals surface area contributed by atoms with Crippen LogP contribution in [0.1, 0.15) is 42.6 Å². The summed E-state index contributed by atoms with van der Waals surface area (Å²) < 4.78 is 11.6. The van der Waals surface area contributed by atoms with Crippen LogP contribution in [0.15, 0.2) is 41.0 Å². The Hall–Kier alpha value is -3.13. The zero-order valence-corrected chi connectivity index (χ0v) is 19.0. The van der Waals surface area contributed by atoms with Gasteiger partial charge in [0.25, 0.3) is 5.91 Å². The van der Waals surface area contributed by atoms with Crippen molar-refractivity contribution in [1.82, 2.24) is 9.80 Å². The molecule has 3 heterocycles. The van der Waals surface area contributed by atoms with Crippen molar-refractivity contribution in [2.75, 3.05) is 11.9 Å². The molecule has 2 saturated heterocycles. The number of aryl methyl sites for hydroxylation is 2. The van der Waals surface area contributed by atoms with E-state index in [0.717, 1.165) is 41.7 Å². The molecule has 0 radical (unpaired) electrons. The van der Waals surface area contributed by atoms with Gasteiger partial charge in [-0.3, -0.25) is 14.5 Å². The summed E-state index contributed by atoms with van der Waals surface area (Å²) in [6.45, 7) is 3.88. The average molecular weight is 452 g/mol. The van der Waals surface area contributed by atoms with E-state index in [0.29, 0.717) is 11.4 Å². The quantitative estimate of drug-likeness (QED) is 0.750. The van der Waals surface area contributed by atoms with Gasteiger partial charge < -0.3 is 19.4 Å². The van der Waals surface area contributed by atoms with Crippen LogP contribution < -0.4 is 5.32 Å². The lowest BCUT2D eigenvalue weighted by molar-refractivity contribution is -0.148. The molecular formula is C25H29N3O5. The van der Waals surface area contributed by atoms with Gasteiger partial charge in [0.05, 0.1) is 25.0 Å². The molecule has 0 spiro atoms. The van der Waals surface area contributed by atoms with Crippen LogP contribution in [0.2, 0.25) is 0 Å². The van der Waals surface area contributed by atoms with Crippen molar-refractivity contribution in [2.45, 2.75) is 64.3 Å². The van der Waals surface area contributed by atoms with Crippen molar-refractivity contribution in [1.29, 1.82) is 0 Å². The van der Waals surface area contributed by atoms with Crippen LogP contribution >= 0.6 is 0 Å². The molecule has 3 aliphatic rings. The summed E-state index contributed by atoms with van der Waals surface area (Å²) in [7, 11) is 0. The molecule has 4 atom stereocenters. The minimum atomic E-state index is -0.750. The molecule has 33 heavy (non-hydrogen) atoms. The van der Waals surface area contributed by atoms with E-state index in [1.54, 1.807) is 17.0 Å². The lowest BCUT2D eigenvalue weighted by atomic mass is 9.81. The fourth-order valence-corrected chi connectivity index (χ4v) is 5.36. The maximum atomic E-state index is 13.5. The Bertz CT molecular complexity index is 1070. The van der Waals surface area contributed by atoms with Gasteiger partial charge in [-0.2, -0.15) is 0 Å². The van der Waals surface area contributed by atoms with Gasteiger partial charge in [-0.1, -0.05) is 18.9 Å². The van der Waals surface area contributed by atoms with Crippen LogP contribution in [0.4, 0.5) is 10.5 Å². The third kappa shape index (κ3) is 4.04. The van der Waals surface area contributed by atoms with E-state index in [1.165, 1.54) is 6.26 Å². The van der Waals surface area contributed by atoms with E-state index in [2.05, 4.69) is 5.32 Å². The number of amides is 4. The van der Waals surface area contributed by atoms with Crippen molar-refractivity contribution in [3.63, 3.8) is 0 Å². The molecule has 4 unspecified atom stereocenters. The van der Waals surface area contributed by atoms with E-state index in [1.807, 2.05) is 32.0 Å². The number of hydrogen-bond acceptors (Lipinski definition) is 5. The molecule has 1 aromatic heterocycles. The minimum Gasteiger partial charge on any atom is -0.467 e. The molecule has 3 fully saturated rings. The van der Waals surface area contributed by atoms with Gasteiger partial charge in [0.1, 0.15) is 12.3 Å². The molecule has 8 nitrogen and oxygen atoms in total. The number of anilines is 1. The summed E-state index contributed by atoms with van der Waals surface area (Å²) in [5.74, 6) is -0.0690. The Morgan fingerprint density at radius 2 is 1.94 bits per heavy atom. The summed E-state index contributed by atoms with van der Waals surface area (Å²) in [6, 6.07) is 8.26. The lowest BCUT2D eigenvalue weighted by Gasteiger charge is -2.42. The number of fused-ring (bicyclic) bond motifs is 3. The SMILES string of the molecule is Cc1ccc(NC(=O)CN2C(=O)N(Cc3ccco3)C(=O)C3OC4CCCCC4C32)cc1C. The van der Waals surface area contributed by atoms with Gasteiger partial charge in [0.2, 0.25) is 5.91 Å². The number of urea groups is 1. The normalized spacial score (nSPS) is 26.8. The standard InChI is InChI=1S/C25H29N3O5/c1-15-9-10-17(12-16(15)2)26-21(29)14-27-22-19-7-3-4-8-20(19)33-23(22)24(30)28(25(27)31)13-18-6-5-11-32-18/h5-6,9-12,19-20,22-23H,3-4,7-8,13-14H2,1-2H3,(H,26,29). The first-order valence-corrected chi connectivity index (χ1v) is 11.6. The molecule has 5 rings (SSSR count). The Labute approximate surface area is 192 Å². The zero-order valence-electron chi connectivity index (χ0n) is 19.0. The predicted octanol–water partition coefficient (Wildman–Crippen LogP) is 3.63. The highest BCUT2D eigenvalue weighted by Gasteiger charge is 2.57. The second-order valence-corrected chi connectivity index (χ2v) is 9.30. The number of ether oxygens (including phenoxy) is 1. The van der Waals surface area contributed by atoms with Crippen molar-refractivity contribution < 1.29 is 23.5 Å². The summed E-state index contributed by atoms with van der Waals surface area (Å²) in [5, 5.41) is 2.91. The average Bonchev–Trinajstić information content (AvgIpc) is 3.45. The number of nitrogens with zero attached hydrogens (tertiary/aromatic N) is 2. The van der Waals surface area contributed by atoms with E-state index < -0.39 is 18.2 Å². The highest BCUT2D eigenvalue weighted by atomic mass is 16.5. The second kappa shape index (κ2) is 8.67. The Morgan fingerprint density at radius 1 is 1.12 bits per heavy atom. The maximum Gasteiger partial charge on any atom is 0.328 e. The molecular weight excluding hydrogens is 422 g/mol. The number of benzene rings is 1. The van der Waals surface area contributed by atoms with E-state index in [4.69, 9.17) is 9.15 Å².